The number of halogens is 1. The molecule has 0 atom stereocenters. The van der Waals surface area contributed by atoms with E-state index in [0.717, 1.165) is 6.07 Å². The van der Waals surface area contributed by atoms with E-state index >= 15 is 0 Å². The van der Waals surface area contributed by atoms with Crippen molar-refractivity contribution in [1.82, 2.24) is 4.72 Å². The molecular formula is C12H14ClNO5S. The van der Waals surface area contributed by atoms with Gasteiger partial charge in [0.2, 0.25) is 10.0 Å². The molecule has 1 aromatic rings. The second-order valence-corrected chi connectivity index (χ2v) is 6.72. The predicted octanol–water partition coefficient (Wildman–Crippen LogP) is 1.49. The summed E-state index contributed by atoms with van der Waals surface area (Å²) < 4.78 is 31.8. The number of hydrogen-bond donors (Lipinski definition) is 2. The van der Waals surface area contributed by atoms with E-state index in [-0.39, 0.29) is 27.6 Å². The molecule has 1 aliphatic rings. The van der Waals surface area contributed by atoms with Gasteiger partial charge in [0.05, 0.1) is 21.6 Å². The van der Waals surface area contributed by atoms with Crippen molar-refractivity contribution in [1.29, 1.82) is 0 Å². The lowest BCUT2D eigenvalue weighted by atomic mass is 9.90. The van der Waals surface area contributed by atoms with E-state index in [1.165, 1.54) is 12.1 Å². The minimum absolute atomic E-state index is 0.000425. The summed E-state index contributed by atoms with van der Waals surface area (Å²) in [7, 11) is -2.18. The summed E-state index contributed by atoms with van der Waals surface area (Å²) in [5.74, 6) is -1.27. The van der Waals surface area contributed by atoms with Gasteiger partial charge in [-0.25, -0.2) is 17.9 Å². The first-order chi connectivity index (χ1) is 9.33. The molecule has 6 nitrogen and oxygen atoms in total. The molecule has 0 bridgehead atoms. The molecule has 0 radical (unpaired) electrons. The lowest BCUT2D eigenvalue weighted by Gasteiger charge is -2.34. The van der Waals surface area contributed by atoms with Gasteiger partial charge in [-0.15, -0.1) is 0 Å². The highest BCUT2D eigenvalue weighted by molar-refractivity contribution is 7.89. The molecule has 1 saturated carbocycles. The number of carboxylic acids is 1. The molecule has 0 saturated heterocycles. The van der Waals surface area contributed by atoms with Crippen molar-refractivity contribution in [2.45, 2.75) is 29.9 Å². The number of methoxy groups -OCH3 is 1. The maximum absolute atomic E-state index is 12.1. The number of benzene rings is 1. The molecule has 2 N–H and O–H groups in total. The van der Waals surface area contributed by atoms with E-state index in [0.29, 0.717) is 12.8 Å². The summed E-state index contributed by atoms with van der Waals surface area (Å²) in [6.07, 6.45) is 1.28. The van der Waals surface area contributed by atoms with Gasteiger partial charge in [-0.2, -0.15) is 0 Å². The maximum atomic E-state index is 12.1. The van der Waals surface area contributed by atoms with Crippen molar-refractivity contribution in [3.05, 3.63) is 28.8 Å². The zero-order valence-corrected chi connectivity index (χ0v) is 12.2. The van der Waals surface area contributed by atoms with Crippen LogP contribution >= 0.6 is 11.6 Å². The molecule has 0 amide bonds. The van der Waals surface area contributed by atoms with Gasteiger partial charge in [0, 0.05) is 13.2 Å². The minimum atomic E-state index is -3.75. The molecule has 0 aliphatic heterocycles. The monoisotopic (exact) mass is 319 g/mol. The molecule has 0 unspecified atom stereocenters. The molecule has 2 rings (SSSR count). The average molecular weight is 320 g/mol. The number of rotatable bonds is 5. The highest BCUT2D eigenvalue weighted by atomic mass is 35.5. The number of ether oxygens (including phenoxy) is 1. The van der Waals surface area contributed by atoms with Gasteiger partial charge < -0.3 is 9.84 Å². The van der Waals surface area contributed by atoms with E-state index in [9.17, 15) is 13.2 Å². The van der Waals surface area contributed by atoms with Gasteiger partial charge in [-0.3, -0.25) is 0 Å². The summed E-state index contributed by atoms with van der Waals surface area (Å²) in [6.45, 7) is 0. The standard InChI is InChI=1S/C12H14ClNO5S/c1-19-8-4-7(5-8)14-20(17,18)9-2-3-11(13)10(6-9)12(15)16/h2-3,6-8,14H,4-5H2,1H3,(H,15,16). The second-order valence-electron chi connectivity index (χ2n) is 4.59. The highest BCUT2D eigenvalue weighted by Crippen LogP contribution is 2.26. The average Bonchev–Trinajstić information content (AvgIpc) is 2.33. The Bertz CT molecular complexity index is 625. The Labute approximate surface area is 121 Å². The zero-order chi connectivity index (χ0) is 14.9. The lowest BCUT2D eigenvalue weighted by Crippen LogP contribution is -2.47. The largest absolute Gasteiger partial charge is 0.478 e. The highest BCUT2D eigenvalue weighted by Gasteiger charge is 2.33. The zero-order valence-electron chi connectivity index (χ0n) is 10.7. The van der Waals surface area contributed by atoms with Gasteiger partial charge in [0.15, 0.2) is 0 Å². The van der Waals surface area contributed by atoms with Crippen LogP contribution in [0.5, 0.6) is 0 Å². The molecule has 0 heterocycles. The van der Waals surface area contributed by atoms with Crippen molar-refractivity contribution >= 4 is 27.6 Å². The number of hydrogen-bond acceptors (Lipinski definition) is 4. The van der Waals surface area contributed by atoms with Gasteiger partial charge >= 0.3 is 5.97 Å². The van der Waals surface area contributed by atoms with Crippen molar-refractivity contribution < 1.29 is 23.1 Å². The van der Waals surface area contributed by atoms with Crippen LogP contribution < -0.4 is 4.72 Å². The van der Waals surface area contributed by atoms with Crippen LogP contribution in [0.25, 0.3) is 0 Å². The fourth-order valence-electron chi connectivity index (χ4n) is 1.98. The number of sulfonamides is 1. The van der Waals surface area contributed by atoms with Crippen LogP contribution in [0.2, 0.25) is 5.02 Å². The maximum Gasteiger partial charge on any atom is 0.337 e. The Hall–Kier alpha value is -1.15. The van der Waals surface area contributed by atoms with Crippen LogP contribution in [0.1, 0.15) is 23.2 Å². The van der Waals surface area contributed by atoms with Crippen molar-refractivity contribution in [2.24, 2.45) is 0 Å². The van der Waals surface area contributed by atoms with Crippen LogP contribution in [0.4, 0.5) is 0 Å². The first kappa shape index (κ1) is 15.2. The van der Waals surface area contributed by atoms with Crippen LogP contribution in [0.3, 0.4) is 0 Å². The fourth-order valence-corrected chi connectivity index (χ4v) is 3.46. The molecule has 1 aliphatic carbocycles. The molecule has 1 fully saturated rings. The SMILES string of the molecule is COC1CC(NS(=O)(=O)c2ccc(Cl)c(C(=O)O)c2)C1. The normalized spacial score (nSPS) is 22.3. The molecule has 0 spiro atoms. The number of carbonyl (C=O) groups is 1. The van der Waals surface area contributed by atoms with Crippen LogP contribution in [-0.4, -0.2) is 38.7 Å². The number of nitrogens with one attached hydrogen (secondary N) is 1. The third-order valence-electron chi connectivity index (χ3n) is 3.23. The van der Waals surface area contributed by atoms with E-state index in [4.69, 9.17) is 21.4 Å². The van der Waals surface area contributed by atoms with E-state index in [1.54, 1.807) is 7.11 Å². The molecular weight excluding hydrogens is 306 g/mol. The van der Waals surface area contributed by atoms with Crippen molar-refractivity contribution in [2.75, 3.05) is 7.11 Å². The first-order valence-electron chi connectivity index (χ1n) is 5.91. The quantitative estimate of drug-likeness (QED) is 0.858. The van der Waals surface area contributed by atoms with Crippen LogP contribution in [0, 0.1) is 0 Å². The summed E-state index contributed by atoms with van der Waals surface area (Å²) in [5.41, 5.74) is -0.238. The summed E-state index contributed by atoms with van der Waals surface area (Å²) in [6, 6.07) is 3.41. The molecule has 8 heteroatoms. The first-order valence-corrected chi connectivity index (χ1v) is 7.77. The molecule has 20 heavy (non-hydrogen) atoms. The topological polar surface area (TPSA) is 92.7 Å². The number of carboxylic acid groups (broad SMARTS) is 1. The van der Waals surface area contributed by atoms with Gasteiger partial charge in [0.25, 0.3) is 0 Å². The van der Waals surface area contributed by atoms with Crippen molar-refractivity contribution in [3.63, 3.8) is 0 Å². The number of aromatic carboxylic acids is 1. The van der Waals surface area contributed by atoms with Gasteiger partial charge in [-0.05, 0) is 31.0 Å². The van der Waals surface area contributed by atoms with Gasteiger partial charge in [-0.1, -0.05) is 11.6 Å². The van der Waals surface area contributed by atoms with E-state index < -0.39 is 16.0 Å². The third-order valence-corrected chi connectivity index (χ3v) is 5.08. The molecule has 1 aromatic carbocycles. The Morgan fingerprint density at radius 3 is 2.65 bits per heavy atom. The third kappa shape index (κ3) is 3.12. The summed E-state index contributed by atoms with van der Waals surface area (Å²) >= 11 is 5.71. The van der Waals surface area contributed by atoms with Crippen LogP contribution in [-0.2, 0) is 14.8 Å². The molecule has 110 valence electrons. The van der Waals surface area contributed by atoms with Gasteiger partial charge in [0.1, 0.15) is 0 Å². The minimum Gasteiger partial charge on any atom is -0.478 e. The Kier molecular flexibility index (Phi) is 4.33. The van der Waals surface area contributed by atoms with Crippen LogP contribution in [0.15, 0.2) is 23.1 Å². The predicted molar refractivity (Wildman–Crippen MR) is 72.6 cm³/mol. The Morgan fingerprint density at radius 1 is 1.45 bits per heavy atom. The smallest absolute Gasteiger partial charge is 0.337 e. The van der Waals surface area contributed by atoms with Crippen molar-refractivity contribution in [3.8, 4) is 0 Å². The van der Waals surface area contributed by atoms with E-state index in [1.807, 2.05) is 0 Å². The lowest BCUT2D eigenvalue weighted by molar-refractivity contribution is 0.0236. The Morgan fingerprint density at radius 2 is 2.10 bits per heavy atom. The fraction of sp³-hybridized carbons (Fsp3) is 0.417. The molecule has 0 aromatic heterocycles. The summed E-state index contributed by atoms with van der Waals surface area (Å²) in [4.78, 5) is 10.8. The van der Waals surface area contributed by atoms with E-state index in [2.05, 4.69) is 4.72 Å². The summed E-state index contributed by atoms with van der Waals surface area (Å²) in [5, 5.41) is 8.95. The second kappa shape index (κ2) is 5.69. The Balaban J connectivity index is 2.18.